The summed E-state index contributed by atoms with van der Waals surface area (Å²) < 4.78 is 0. The van der Waals surface area contributed by atoms with Crippen LogP contribution in [0.3, 0.4) is 0 Å². The van der Waals surface area contributed by atoms with E-state index in [2.05, 4.69) is 20.3 Å². The molecule has 0 bridgehead atoms. The number of amides is 2. The van der Waals surface area contributed by atoms with Crippen molar-refractivity contribution in [3.63, 3.8) is 0 Å². The van der Waals surface area contributed by atoms with Crippen LogP contribution in [0.25, 0.3) is 0 Å². The number of pyridine rings is 1. The lowest BCUT2D eigenvalue weighted by Gasteiger charge is -2.16. The molecule has 1 aliphatic rings. The Kier molecular flexibility index (Phi) is 5.72. The van der Waals surface area contributed by atoms with Crippen LogP contribution in [0.5, 0.6) is 0 Å². The quantitative estimate of drug-likeness (QED) is 0.693. The Morgan fingerprint density at radius 2 is 1.97 bits per heavy atom. The number of hydrogen-bond donors (Lipinski definition) is 1. The number of carbonyl (C=O) groups excluding carboxylic acids is 2. The van der Waals surface area contributed by atoms with Crippen molar-refractivity contribution in [3.8, 4) is 0 Å². The topological polar surface area (TPSA) is 88.1 Å². The summed E-state index contributed by atoms with van der Waals surface area (Å²) >= 11 is 5.87. The molecule has 2 amide bonds. The fraction of sp³-hybridized carbons (Fsp3) is 0.227. The predicted octanol–water partition coefficient (Wildman–Crippen LogP) is 3.72. The van der Waals surface area contributed by atoms with Gasteiger partial charge in [-0.15, -0.1) is 0 Å². The number of aromatic nitrogens is 3. The first-order valence-corrected chi connectivity index (χ1v) is 9.99. The molecule has 30 heavy (non-hydrogen) atoms. The number of hydrogen-bond acceptors (Lipinski definition) is 5. The van der Waals surface area contributed by atoms with Crippen molar-refractivity contribution in [1.29, 1.82) is 0 Å². The molecule has 1 aliphatic heterocycles. The summed E-state index contributed by atoms with van der Waals surface area (Å²) in [5.41, 5.74) is 2.23. The molecule has 3 heterocycles. The second-order valence-electron chi connectivity index (χ2n) is 7.17. The van der Waals surface area contributed by atoms with Gasteiger partial charge in [0.25, 0.3) is 11.8 Å². The monoisotopic (exact) mass is 421 g/mol. The molecule has 0 radical (unpaired) electrons. The summed E-state index contributed by atoms with van der Waals surface area (Å²) in [6.07, 6.45) is 5.55. The molecule has 0 saturated carbocycles. The highest BCUT2D eigenvalue weighted by atomic mass is 35.5. The zero-order chi connectivity index (χ0) is 21.1. The van der Waals surface area contributed by atoms with Crippen LogP contribution in [-0.4, -0.2) is 44.8 Å². The largest absolute Gasteiger partial charge is 0.338 e. The molecule has 1 N–H and O–H groups in total. The average Bonchev–Trinajstić information content (AvgIpc) is 3.25. The first-order chi connectivity index (χ1) is 14.5. The van der Waals surface area contributed by atoms with Crippen molar-refractivity contribution < 1.29 is 9.59 Å². The molecule has 152 valence electrons. The normalized spacial score (nSPS) is 15.8. The molecule has 1 atom stereocenters. The first kappa shape index (κ1) is 20.0. The lowest BCUT2D eigenvalue weighted by molar-refractivity contribution is 0.0790. The number of nitrogens with one attached hydrogen (secondary N) is 1. The van der Waals surface area contributed by atoms with Gasteiger partial charge in [0, 0.05) is 48.3 Å². The SMILES string of the molecule is Cc1nc([C@H]2CCN(C(=O)c3cccnc3)C2)ncc1C(=O)Nc1ccc(Cl)cc1. The summed E-state index contributed by atoms with van der Waals surface area (Å²) in [6, 6.07) is 10.4. The van der Waals surface area contributed by atoms with E-state index in [1.54, 1.807) is 66.8 Å². The molecule has 1 saturated heterocycles. The van der Waals surface area contributed by atoms with Crippen LogP contribution in [0.1, 0.15) is 44.6 Å². The van der Waals surface area contributed by atoms with Gasteiger partial charge in [0.15, 0.2) is 0 Å². The average molecular weight is 422 g/mol. The van der Waals surface area contributed by atoms with Crippen LogP contribution in [0.15, 0.2) is 55.0 Å². The Morgan fingerprint density at radius 3 is 2.67 bits per heavy atom. The van der Waals surface area contributed by atoms with Gasteiger partial charge in [0.05, 0.1) is 16.8 Å². The van der Waals surface area contributed by atoms with Gasteiger partial charge >= 0.3 is 0 Å². The van der Waals surface area contributed by atoms with E-state index >= 15 is 0 Å². The van der Waals surface area contributed by atoms with Crippen molar-refractivity contribution in [1.82, 2.24) is 19.9 Å². The standard InChI is InChI=1S/C22H20ClN5O2/c1-14-19(21(29)27-18-6-4-17(23)5-7-18)12-25-20(26-14)16-8-10-28(13-16)22(30)15-3-2-9-24-11-15/h2-7,9,11-12,16H,8,10,13H2,1H3,(H,27,29)/t16-/m0/s1. The highest BCUT2D eigenvalue weighted by Gasteiger charge is 2.30. The molecule has 4 rings (SSSR count). The van der Waals surface area contributed by atoms with Gasteiger partial charge in [-0.2, -0.15) is 0 Å². The number of carbonyl (C=O) groups is 2. The molecular weight excluding hydrogens is 402 g/mol. The van der Waals surface area contributed by atoms with Gasteiger partial charge < -0.3 is 10.2 Å². The lowest BCUT2D eigenvalue weighted by atomic mass is 10.1. The number of rotatable bonds is 4. The molecule has 8 heteroatoms. The molecule has 0 aliphatic carbocycles. The van der Waals surface area contributed by atoms with Crippen LogP contribution < -0.4 is 5.32 Å². The molecule has 0 spiro atoms. The zero-order valence-corrected chi connectivity index (χ0v) is 17.1. The van der Waals surface area contributed by atoms with E-state index in [0.717, 1.165) is 6.42 Å². The number of halogens is 1. The Bertz CT molecular complexity index is 1070. The van der Waals surface area contributed by atoms with E-state index in [9.17, 15) is 9.59 Å². The number of benzene rings is 1. The van der Waals surface area contributed by atoms with Gasteiger partial charge in [-0.05, 0) is 49.7 Å². The van der Waals surface area contributed by atoms with Crippen molar-refractivity contribution in [2.75, 3.05) is 18.4 Å². The summed E-state index contributed by atoms with van der Waals surface area (Å²) in [6.45, 7) is 2.97. The van der Waals surface area contributed by atoms with Gasteiger partial charge in [-0.25, -0.2) is 9.97 Å². The van der Waals surface area contributed by atoms with E-state index in [4.69, 9.17) is 11.6 Å². The van der Waals surface area contributed by atoms with Gasteiger partial charge in [0.1, 0.15) is 5.82 Å². The fourth-order valence-electron chi connectivity index (χ4n) is 3.46. The molecule has 1 fully saturated rings. The Balaban J connectivity index is 1.44. The smallest absolute Gasteiger partial charge is 0.259 e. The third kappa shape index (κ3) is 4.31. The summed E-state index contributed by atoms with van der Waals surface area (Å²) in [5.74, 6) is 0.372. The van der Waals surface area contributed by atoms with E-state index in [0.29, 0.717) is 46.4 Å². The zero-order valence-electron chi connectivity index (χ0n) is 16.4. The van der Waals surface area contributed by atoms with Crippen LogP contribution in [0.2, 0.25) is 5.02 Å². The molecular formula is C22H20ClN5O2. The van der Waals surface area contributed by atoms with Crippen LogP contribution in [0, 0.1) is 6.92 Å². The molecule has 7 nitrogen and oxygen atoms in total. The van der Waals surface area contributed by atoms with Crippen LogP contribution in [-0.2, 0) is 0 Å². The van der Waals surface area contributed by atoms with Crippen molar-refractivity contribution >= 4 is 29.1 Å². The van der Waals surface area contributed by atoms with E-state index in [1.807, 2.05) is 0 Å². The van der Waals surface area contributed by atoms with Crippen LogP contribution in [0.4, 0.5) is 5.69 Å². The highest BCUT2D eigenvalue weighted by Crippen LogP contribution is 2.26. The number of aryl methyl sites for hydroxylation is 1. The number of nitrogens with zero attached hydrogens (tertiary/aromatic N) is 4. The first-order valence-electron chi connectivity index (χ1n) is 9.61. The molecule has 2 aromatic heterocycles. The van der Waals surface area contributed by atoms with Crippen LogP contribution >= 0.6 is 11.6 Å². The van der Waals surface area contributed by atoms with Gasteiger partial charge in [-0.3, -0.25) is 14.6 Å². The Morgan fingerprint density at radius 1 is 1.17 bits per heavy atom. The fourth-order valence-corrected chi connectivity index (χ4v) is 3.59. The highest BCUT2D eigenvalue weighted by molar-refractivity contribution is 6.30. The lowest BCUT2D eigenvalue weighted by Crippen LogP contribution is -2.28. The Labute approximate surface area is 179 Å². The maximum atomic E-state index is 12.6. The van der Waals surface area contributed by atoms with Gasteiger partial charge in [-0.1, -0.05) is 11.6 Å². The van der Waals surface area contributed by atoms with Crippen molar-refractivity contribution in [2.45, 2.75) is 19.3 Å². The second-order valence-corrected chi connectivity index (χ2v) is 7.60. The Hall–Kier alpha value is -3.32. The molecule has 3 aromatic rings. The summed E-state index contributed by atoms with van der Waals surface area (Å²) in [7, 11) is 0. The summed E-state index contributed by atoms with van der Waals surface area (Å²) in [4.78, 5) is 40.0. The third-order valence-corrected chi connectivity index (χ3v) is 5.35. The van der Waals surface area contributed by atoms with Crippen molar-refractivity contribution in [2.24, 2.45) is 0 Å². The minimum absolute atomic E-state index is 0.0395. The number of anilines is 1. The minimum Gasteiger partial charge on any atom is -0.338 e. The maximum Gasteiger partial charge on any atom is 0.259 e. The maximum absolute atomic E-state index is 12.6. The summed E-state index contributed by atoms with van der Waals surface area (Å²) in [5, 5.41) is 3.42. The van der Waals surface area contributed by atoms with Crippen molar-refractivity contribution in [3.05, 3.63) is 82.7 Å². The predicted molar refractivity (Wildman–Crippen MR) is 114 cm³/mol. The number of likely N-dealkylation sites (tertiary alicyclic amines) is 1. The minimum atomic E-state index is -0.277. The third-order valence-electron chi connectivity index (χ3n) is 5.09. The molecule has 0 unspecified atom stereocenters. The van der Waals surface area contributed by atoms with E-state index in [-0.39, 0.29) is 17.7 Å². The second kappa shape index (κ2) is 8.59. The van der Waals surface area contributed by atoms with E-state index in [1.165, 1.54) is 0 Å². The van der Waals surface area contributed by atoms with Gasteiger partial charge in [0.2, 0.25) is 0 Å². The van der Waals surface area contributed by atoms with E-state index < -0.39 is 0 Å². The molecule has 1 aromatic carbocycles.